The smallest absolute Gasteiger partial charge is 0.406 e. The molecule has 2 N–H and O–H groups in total. The topological polar surface area (TPSA) is 59.1 Å². The standard InChI is InChI=1S/C22H22BrF3N4O/c1-21(2,3)30-20-28-18(15-7-5-9-17(11-15)31-22(24,25)26)12-19(29-20)27-13-14-6-4-8-16(23)10-14/h4-12H,13H2,1-3H3,(H2,27,28,29,30). The average molecular weight is 495 g/mol. The van der Waals surface area contributed by atoms with Crippen LogP contribution in [0.25, 0.3) is 11.3 Å². The van der Waals surface area contributed by atoms with Crippen molar-refractivity contribution >= 4 is 27.7 Å². The molecule has 1 heterocycles. The Morgan fingerprint density at radius 3 is 2.39 bits per heavy atom. The lowest BCUT2D eigenvalue weighted by atomic mass is 10.1. The predicted molar refractivity (Wildman–Crippen MR) is 119 cm³/mol. The van der Waals surface area contributed by atoms with Crippen molar-refractivity contribution in [2.45, 2.75) is 39.2 Å². The molecule has 5 nitrogen and oxygen atoms in total. The van der Waals surface area contributed by atoms with Crippen LogP contribution in [0.15, 0.2) is 59.1 Å². The van der Waals surface area contributed by atoms with Crippen molar-refractivity contribution in [3.8, 4) is 17.0 Å². The van der Waals surface area contributed by atoms with Crippen molar-refractivity contribution in [2.24, 2.45) is 0 Å². The predicted octanol–water partition coefficient (Wildman–Crippen LogP) is 6.63. The Hall–Kier alpha value is -2.81. The van der Waals surface area contributed by atoms with Crippen molar-refractivity contribution in [2.75, 3.05) is 10.6 Å². The van der Waals surface area contributed by atoms with Gasteiger partial charge in [0.1, 0.15) is 11.6 Å². The van der Waals surface area contributed by atoms with Gasteiger partial charge in [0.15, 0.2) is 0 Å². The summed E-state index contributed by atoms with van der Waals surface area (Å²) in [6.07, 6.45) is -4.76. The van der Waals surface area contributed by atoms with Crippen molar-refractivity contribution in [1.82, 2.24) is 9.97 Å². The lowest BCUT2D eigenvalue weighted by Crippen LogP contribution is -2.27. The maximum atomic E-state index is 12.6. The van der Waals surface area contributed by atoms with Gasteiger partial charge < -0.3 is 15.4 Å². The third-order valence-corrected chi connectivity index (χ3v) is 4.43. The second-order valence-corrected chi connectivity index (χ2v) is 8.81. The minimum absolute atomic E-state index is 0.304. The molecule has 164 valence electrons. The summed E-state index contributed by atoms with van der Waals surface area (Å²) in [7, 11) is 0. The Morgan fingerprint density at radius 1 is 0.968 bits per heavy atom. The highest BCUT2D eigenvalue weighted by Gasteiger charge is 2.31. The number of nitrogens with zero attached hydrogens (tertiary/aromatic N) is 2. The Morgan fingerprint density at radius 2 is 1.71 bits per heavy atom. The molecule has 31 heavy (non-hydrogen) atoms. The van der Waals surface area contributed by atoms with E-state index >= 15 is 0 Å². The zero-order valence-electron chi connectivity index (χ0n) is 17.2. The summed E-state index contributed by atoms with van der Waals surface area (Å²) in [6.45, 7) is 6.42. The summed E-state index contributed by atoms with van der Waals surface area (Å²) in [4.78, 5) is 9.00. The van der Waals surface area contributed by atoms with Gasteiger partial charge in [-0.3, -0.25) is 0 Å². The van der Waals surface area contributed by atoms with Crippen LogP contribution in [-0.4, -0.2) is 21.9 Å². The highest BCUT2D eigenvalue weighted by atomic mass is 79.9. The lowest BCUT2D eigenvalue weighted by molar-refractivity contribution is -0.274. The van der Waals surface area contributed by atoms with Crippen molar-refractivity contribution in [1.29, 1.82) is 0 Å². The highest BCUT2D eigenvalue weighted by Crippen LogP contribution is 2.29. The fourth-order valence-corrected chi connectivity index (χ4v) is 3.22. The zero-order chi connectivity index (χ0) is 22.6. The fraction of sp³-hybridized carbons (Fsp3) is 0.273. The Bertz CT molecular complexity index is 1050. The Labute approximate surface area is 187 Å². The summed E-state index contributed by atoms with van der Waals surface area (Å²) < 4.78 is 42.8. The van der Waals surface area contributed by atoms with Crippen LogP contribution < -0.4 is 15.4 Å². The number of nitrogens with one attached hydrogen (secondary N) is 2. The molecular formula is C22H22BrF3N4O. The van der Waals surface area contributed by atoms with Crippen LogP contribution in [0.3, 0.4) is 0 Å². The molecule has 0 bridgehead atoms. The molecule has 0 fully saturated rings. The van der Waals surface area contributed by atoms with E-state index in [1.807, 2.05) is 45.0 Å². The van der Waals surface area contributed by atoms with E-state index in [4.69, 9.17) is 0 Å². The van der Waals surface area contributed by atoms with Crippen LogP contribution in [0.1, 0.15) is 26.3 Å². The lowest BCUT2D eigenvalue weighted by Gasteiger charge is -2.21. The molecule has 0 aliphatic rings. The van der Waals surface area contributed by atoms with Crippen molar-refractivity contribution in [3.63, 3.8) is 0 Å². The summed E-state index contributed by atoms with van der Waals surface area (Å²) in [5, 5.41) is 6.47. The number of alkyl halides is 3. The molecule has 1 aromatic heterocycles. The van der Waals surface area contributed by atoms with Crippen molar-refractivity contribution in [3.05, 3.63) is 64.6 Å². The van der Waals surface area contributed by atoms with E-state index in [0.717, 1.165) is 10.0 Å². The van der Waals surface area contributed by atoms with Gasteiger partial charge in [-0.15, -0.1) is 13.2 Å². The largest absolute Gasteiger partial charge is 0.573 e. The highest BCUT2D eigenvalue weighted by molar-refractivity contribution is 9.10. The molecule has 0 saturated heterocycles. The molecule has 0 aliphatic heterocycles. The third-order valence-electron chi connectivity index (χ3n) is 3.94. The van der Waals surface area contributed by atoms with Crippen LogP contribution in [0.4, 0.5) is 24.9 Å². The summed E-state index contributed by atoms with van der Waals surface area (Å²) in [5.74, 6) is 0.598. The molecule has 0 aliphatic carbocycles. The minimum Gasteiger partial charge on any atom is -0.406 e. The van der Waals surface area contributed by atoms with E-state index in [-0.39, 0.29) is 11.3 Å². The number of halogens is 4. The van der Waals surface area contributed by atoms with Gasteiger partial charge in [0.2, 0.25) is 5.95 Å². The normalized spacial score (nSPS) is 11.8. The van der Waals surface area contributed by atoms with Gasteiger partial charge >= 0.3 is 6.36 Å². The van der Waals surface area contributed by atoms with Crippen LogP contribution in [-0.2, 0) is 6.54 Å². The first-order valence-electron chi connectivity index (χ1n) is 9.49. The van der Waals surface area contributed by atoms with E-state index in [2.05, 4.69) is 41.3 Å². The van der Waals surface area contributed by atoms with Gasteiger partial charge in [0.05, 0.1) is 5.69 Å². The molecule has 0 atom stereocenters. The van der Waals surface area contributed by atoms with E-state index in [0.29, 0.717) is 29.6 Å². The Kier molecular flexibility index (Phi) is 6.74. The SMILES string of the molecule is CC(C)(C)Nc1nc(NCc2cccc(Br)c2)cc(-c2cccc(OC(F)(F)F)c2)n1. The number of benzene rings is 2. The van der Waals surface area contributed by atoms with E-state index in [9.17, 15) is 13.2 Å². The van der Waals surface area contributed by atoms with Gasteiger partial charge in [-0.2, -0.15) is 4.98 Å². The second-order valence-electron chi connectivity index (χ2n) is 7.90. The molecule has 9 heteroatoms. The minimum atomic E-state index is -4.76. The summed E-state index contributed by atoms with van der Waals surface area (Å²) >= 11 is 3.45. The zero-order valence-corrected chi connectivity index (χ0v) is 18.8. The van der Waals surface area contributed by atoms with Gasteiger partial charge in [-0.1, -0.05) is 40.2 Å². The summed E-state index contributed by atoms with van der Waals surface area (Å²) in [5.41, 5.74) is 1.68. The number of aromatic nitrogens is 2. The molecule has 3 aromatic rings. The van der Waals surface area contributed by atoms with Crippen molar-refractivity contribution < 1.29 is 17.9 Å². The van der Waals surface area contributed by atoms with Crippen LogP contribution in [0, 0.1) is 0 Å². The molecule has 0 amide bonds. The van der Waals surface area contributed by atoms with Gasteiger partial charge in [0, 0.05) is 28.2 Å². The second kappa shape index (κ2) is 9.13. The van der Waals surface area contributed by atoms with Crippen LogP contribution >= 0.6 is 15.9 Å². The average Bonchev–Trinajstić information content (AvgIpc) is 2.64. The Balaban J connectivity index is 1.92. The van der Waals surface area contributed by atoms with Crippen LogP contribution in [0.5, 0.6) is 5.75 Å². The van der Waals surface area contributed by atoms with E-state index in [1.165, 1.54) is 18.2 Å². The molecule has 0 spiro atoms. The quantitative estimate of drug-likeness (QED) is 0.402. The molecular weight excluding hydrogens is 473 g/mol. The number of rotatable bonds is 6. The third kappa shape index (κ3) is 7.43. The monoisotopic (exact) mass is 494 g/mol. The van der Waals surface area contributed by atoms with Gasteiger partial charge in [0.25, 0.3) is 0 Å². The van der Waals surface area contributed by atoms with Crippen LogP contribution in [0.2, 0.25) is 0 Å². The number of hydrogen-bond acceptors (Lipinski definition) is 5. The summed E-state index contributed by atoms with van der Waals surface area (Å²) in [6, 6.07) is 15.2. The van der Waals surface area contributed by atoms with E-state index < -0.39 is 6.36 Å². The first-order chi connectivity index (χ1) is 14.5. The molecule has 0 radical (unpaired) electrons. The molecule has 0 unspecified atom stereocenters. The first kappa shape index (κ1) is 22.9. The fourth-order valence-electron chi connectivity index (χ4n) is 2.77. The number of hydrogen-bond donors (Lipinski definition) is 2. The molecule has 3 rings (SSSR count). The molecule has 0 saturated carbocycles. The van der Waals surface area contributed by atoms with E-state index in [1.54, 1.807) is 12.1 Å². The number of anilines is 2. The van der Waals surface area contributed by atoms with Gasteiger partial charge in [-0.25, -0.2) is 4.98 Å². The van der Waals surface area contributed by atoms with Gasteiger partial charge in [-0.05, 0) is 50.6 Å². The number of ether oxygens (including phenoxy) is 1. The first-order valence-corrected chi connectivity index (χ1v) is 10.3. The maximum Gasteiger partial charge on any atom is 0.573 e. The molecule has 2 aromatic carbocycles. The maximum absolute atomic E-state index is 12.6.